The van der Waals surface area contributed by atoms with Crippen molar-refractivity contribution in [2.45, 2.75) is 39.3 Å². The number of nitrogens with zero attached hydrogens (tertiary/aromatic N) is 1. The van der Waals surface area contributed by atoms with E-state index in [0.29, 0.717) is 55.5 Å². The highest BCUT2D eigenvalue weighted by Gasteiger charge is 2.15. The van der Waals surface area contributed by atoms with Gasteiger partial charge in [0.15, 0.2) is 0 Å². The number of carbonyl (C=O) groups is 2. The molecule has 0 aromatic heterocycles. The molecule has 0 saturated carbocycles. The van der Waals surface area contributed by atoms with E-state index in [1.165, 1.54) is 0 Å². The van der Waals surface area contributed by atoms with Gasteiger partial charge in [0.25, 0.3) is 0 Å². The summed E-state index contributed by atoms with van der Waals surface area (Å²) < 4.78 is 38.4. The minimum Gasteiger partial charge on any atom is -0.493 e. The van der Waals surface area contributed by atoms with Crippen LogP contribution in [0.2, 0.25) is 0 Å². The van der Waals surface area contributed by atoms with Gasteiger partial charge in [0.2, 0.25) is 15.9 Å². The van der Waals surface area contributed by atoms with Crippen molar-refractivity contribution in [1.82, 2.24) is 5.32 Å². The predicted molar refractivity (Wildman–Crippen MR) is 179 cm³/mol. The number of nitrogens with one attached hydrogen (secondary N) is 2. The summed E-state index contributed by atoms with van der Waals surface area (Å²) in [5.74, 6) is 0.566. The van der Waals surface area contributed by atoms with Crippen LogP contribution in [0.25, 0.3) is 0 Å². The third-order valence-electron chi connectivity index (χ3n) is 7.00. The Balaban J connectivity index is 1.37. The fraction of sp³-hybridized carbons (Fsp3) is 0.257. The number of rotatable bonds is 17. The quantitative estimate of drug-likeness (QED) is 0.117. The van der Waals surface area contributed by atoms with E-state index in [2.05, 4.69) is 27.1 Å². The maximum absolute atomic E-state index is 12.0. The summed E-state index contributed by atoms with van der Waals surface area (Å²) in [4.78, 5) is 24.4. The van der Waals surface area contributed by atoms with E-state index in [-0.39, 0.29) is 18.9 Å². The van der Waals surface area contributed by atoms with Gasteiger partial charge >= 0.3 is 5.97 Å². The predicted octanol–water partition coefficient (Wildman–Crippen LogP) is 6.12. The summed E-state index contributed by atoms with van der Waals surface area (Å²) >= 11 is 0. The number of sulfonamides is 1. The maximum atomic E-state index is 12.0. The zero-order valence-electron chi connectivity index (χ0n) is 25.9. The summed E-state index contributed by atoms with van der Waals surface area (Å²) in [7, 11) is -3.43. The van der Waals surface area contributed by atoms with Crippen LogP contribution in [0.3, 0.4) is 0 Å². The molecule has 3 N–H and O–H groups in total. The highest BCUT2D eigenvalue weighted by molar-refractivity contribution is 7.92. The molecule has 4 aromatic rings. The zero-order valence-corrected chi connectivity index (χ0v) is 26.8. The number of anilines is 2. The lowest BCUT2D eigenvalue weighted by atomic mass is 10.1. The van der Waals surface area contributed by atoms with E-state index in [9.17, 15) is 18.0 Å². The number of carboxylic acids is 1. The van der Waals surface area contributed by atoms with Crippen LogP contribution < -0.4 is 24.4 Å². The third kappa shape index (κ3) is 11.2. The molecule has 4 aromatic carbocycles. The van der Waals surface area contributed by atoms with Gasteiger partial charge in [-0.2, -0.15) is 0 Å². The summed E-state index contributed by atoms with van der Waals surface area (Å²) in [5, 5.41) is 11.0. The maximum Gasteiger partial charge on any atom is 0.322 e. The third-order valence-corrected chi connectivity index (χ3v) is 7.59. The number of ether oxygens (including phenoxy) is 2. The lowest BCUT2D eigenvalue weighted by molar-refractivity contribution is -0.137. The Labute approximate surface area is 270 Å². The van der Waals surface area contributed by atoms with E-state index in [1.54, 1.807) is 12.1 Å². The Bertz CT molecular complexity index is 1710. The van der Waals surface area contributed by atoms with Gasteiger partial charge in [-0.15, -0.1) is 0 Å². The second kappa shape index (κ2) is 16.3. The van der Waals surface area contributed by atoms with Crippen molar-refractivity contribution >= 4 is 33.3 Å². The number of carboxylic acid groups (broad SMARTS) is 1. The van der Waals surface area contributed by atoms with Crippen LogP contribution in [0.4, 0.5) is 11.4 Å². The monoisotopic (exact) mass is 645 g/mol. The molecule has 0 atom stereocenters. The molecule has 0 aliphatic rings. The van der Waals surface area contributed by atoms with Crippen molar-refractivity contribution in [3.05, 3.63) is 114 Å². The van der Waals surface area contributed by atoms with Crippen molar-refractivity contribution in [2.75, 3.05) is 29.0 Å². The van der Waals surface area contributed by atoms with Crippen molar-refractivity contribution in [2.24, 2.45) is 0 Å². The minimum atomic E-state index is -3.43. The number of aliphatic carboxylic acids is 1. The molecular weight excluding hydrogens is 606 g/mol. The minimum absolute atomic E-state index is 0.242. The lowest BCUT2D eigenvalue weighted by Crippen LogP contribution is -2.28. The number of hydrogen-bond acceptors (Lipinski definition) is 7. The van der Waals surface area contributed by atoms with Gasteiger partial charge in [-0.3, -0.25) is 14.3 Å². The average Bonchev–Trinajstić information content (AvgIpc) is 3.01. The molecule has 0 radical (unpaired) electrons. The first-order valence-corrected chi connectivity index (χ1v) is 16.8. The van der Waals surface area contributed by atoms with Gasteiger partial charge < -0.3 is 24.8 Å². The lowest BCUT2D eigenvalue weighted by Gasteiger charge is -2.28. The molecule has 242 valence electrons. The van der Waals surface area contributed by atoms with E-state index in [0.717, 1.165) is 28.6 Å². The van der Waals surface area contributed by atoms with Crippen molar-refractivity contribution in [1.29, 1.82) is 0 Å². The van der Waals surface area contributed by atoms with Gasteiger partial charge in [0.1, 0.15) is 23.8 Å². The summed E-state index contributed by atoms with van der Waals surface area (Å²) in [6.45, 7) is 3.17. The van der Waals surface area contributed by atoms with Gasteiger partial charge in [0, 0.05) is 31.3 Å². The molecule has 0 aliphatic heterocycles. The highest BCUT2D eigenvalue weighted by atomic mass is 32.2. The molecule has 0 saturated heterocycles. The van der Waals surface area contributed by atoms with Gasteiger partial charge in [-0.25, -0.2) is 8.42 Å². The Morgan fingerprint density at radius 2 is 1.48 bits per heavy atom. The topological polar surface area (TPSA) is 134 Å². The molecular formula is C35H39N3O7S. The molecule has 0 spiro atoms. The molecule has 4 rings (SSSR count). The van der Waals surface area contributed by atoms with Crippen molar-refractivity contribution in [3.8, 4) is 17.2 Å². The van der Waals surface area contributed by atoms with Crippen LogP contribution in [-0.4, -0.2) is 44.8 Å². The Hall–Kier alpha value is -5.03. The van der Waals surface area contributed by atoms with E-state index in [1.807, 2.05) is 79.7 Å². The summed E-state index contributed by atoms with van der Waals surface area (Å²) in [6, 6.07) is 30.9. The first-order chi connectivity index (χ1) is 22.1. The van der Waals surface area contributed by atoms with E-state index < -0.39 is 16.0 Å². The standard InChI is InChI=1S/C35H39N3O7S/c1-26-32(37-46(2,42)43)14-9-15-33(26)38(24-27-10-4-3-5-11-27)25-28-17-19-29(20-18-28)45-31-13-8-12-30(22-31)44-21-7-6-16-34(39)36-23-35(40)41/h3-5,8-15,17-20,22,37H,6-7,16,21,23-25H2,1-2H3,(H,36,39)(H,40,41). The first kappa shape index (κ1) is 33.9. The van der Waals surface area contributed by atoms with Gasteiger partial charge in [0.05, 0.1) is 18.6 Å². The van der Waals surface area contributed by atoms with Crippen LogP contribution in [0.1, 0.15) is 36.0 Å². The molecule has 0 unspecified atom stereocenters. The number of unbranched alkanes of at least 4 members (excludes halogenated alkanes) is 1. The zero-order chi connectivity index (χ0) is 32.9. The Kier molecular flexibility index (Phi) is 12.0. The van der Waals surface area contributed by atoms with Crippen LogP contribution in [0.5, 0.6) is 17.2 Å². The summed E-state index contributed by atoms with van der Waals surface area (Å²) in [6.07, 6.45) is 2.62. The SMILES string of the molecule is Cc1c(NS(C)(=O)=O)cccc1N(Cc1ccccc1)Cc1ccc(Oc2cccc(OCCCCC(=O)NCC(=O)O)c2)cc1. The average molecular weight is 646 g/mol. The van der Waals surface area contributed by atoms with Gasteiger partial charge in [-0.1, -0.05) is 54.6 Å². The second-order valence-electron chi connectivity index (χ2n) is 10.9. The fourth-order valence-corrected chi connectivity index (χ4v) is 5.41. The van der Waals surface area contributed by atoms with Crippen LogP contribution >= 0.6 is 0 Å². The number of amides is 1. The molecule has 0 fully saturated rings. The van der Waals surface area contributed by atoms with Crippen molar-refractivity contribution < 1.29 is 32.6 Å². The van der Waals surface area contributed by atoms with Crippen LogP contribution in [-0.2, 0) is 32.7 Å². The largest absolute Gasteiger partial charge is 0.493 e. The Morgan fingerprint density at radius 3 is 2.17 bits per heavy atom. The molecule has 0 aliphatic carbocycles. The van der Waals surface area contributed by atoms with E-state index >= 15 is 0 Å². The van der Waals surface area contributed by atoms with Gasteiger partial charge in [-0.05, 0) is 72.9 Å². The first-order valence-electron chi connectivity index (χ1n) is 14.9. The normalized spacial score (nSPS) is 11.0. The fourth-order valence-electron chi connectivity index (χ4n) is 4.79. The molecule has 0 heterocycles. The number of benzene rings is 4. The van der Waals surface area contributed by atoms with Crippen LogP contribution in [0, 0.1) is 6.92 Å². The number of hydrogen-bond donors (Lipinski definition) is 3. The van der Waals surface area contributed by atoms with E-state index in [4.69, 9.17) is 14.6 Å². The second-order valence-corrected chi connectivity index (χ2v) is 12.6. The molecule has 11 heteroatoms. The summed E-state index contributed by atoms with van der Waals surface area (Å²) in [5.41, 5.74) is 4.50. The molecule has 1 amide bonds. The molecule has 10 nitrogen and oxygen atoms in total. The van der Waals surface area contributed by atoms with Crippen molar-refractivity contribution in [3.63, 3.8) is 0 Å². The number of carbonyl (C=O) groups excluding carboxylic acids is 1. The Morgan fingerprint density at radius 1 is 0.804 bits per heavy atom. The molecule has 46 heavy (non-hydrogen) atoms. The molecule has 0 bridgehead atoms. The smallest absolute Gasteiger partial charge is 0.322 e. The van der Waals surface area contributed by atoms with Crippen LogP contribution in [0.15, 0.2) is 97.1 Å². The highest BCUT2D eigenvalue weighted by Crippen LogP contribution is 2.31.